The quantitative estimate of drug-likeness (QED) is 0.668. The number of aromatic nitrogens is 1. The maximum atomic E-state index is 12.2. The van der Waals surface area contributed by atoms with Gasteiger partial charge in [-0.15, -0.1) is 11.3 Å². The van der Waals surface area contributed by atoms with Crippen molar-refractivity contribution in [3.8, 4) is 22.8 Å². The fourth-order valence-electron chi connectivity index (χ4n) is 2.80. The van der Waals surface area contributed by atoms with Crippen molar-refractivity contribution in [1.82, 2.24) is 4.98 Å². The van der Waals surface area contributed by atoms with E-state index in [9.17, 15) is 4.79 Å². The van der Waals surface area contributed by atoms with Crippen LogP contribution in [0.2, 0.25) is 0 Å². The zero-order valence-corrected chi connectivity index (χ0v) is 16.6. The van der Waals surface area contributed by atoms with Crippen LogP contribution in [0.4, 0.5) is 5.13 Å². The average molecular weight is 382 g/mol. The lowest BCUT2D eigenvalue weighted by Crippen LogP contribution is -2.20. The minimum Gasteiger partial charge on any atom is -0.496 e. The standard InChI is InChI=1S/C21H22N2O3S/c1-13-8-9-18(25-4)16(10-13)17-12-27-21(22-17)23-19(24)11-26-20-14(2)6-5-7-15(20)3/h5-10,12H,11H2,1-4H3,(H,22,23,24). The van der Waals surface area contributed by atoms with Gasteiger partial charge in [-0.3, -0.25) is 10.1 Å². The number of hydrogen-bond acceptors (Lipinski definition) is 5. The monoisotopic (exact) mass is 382 g/mol. The molecule has 0 bridgehead atoms. The molecule has 140 valence electrons. The van der Waals surface area contributed by atoms with Crippen molar-refractivity contribution in [2.24, 2.45) is 0 Å². The summed E-state index contributed by atoms with van der Waals surface area (Å²) in [5.74, 6) is 1.26. The zero-order valence-electron chi connectivity index (χ0n) is 15.8. The van der Waals surface area contributed by atoms with Crippen LogP contribution in [0.3, 0.4) is 0 Å². The van der Waals surface area contributed by atoms with Crippen molar-refractivity contribution < 1.29 is 14.3 Å². The fourth-order valence-corrected chi connectivity index (χ4v) is 3.52. The predicted octanol–water partition coefficient (Wildman–Crippen LogP) is 4.76. The summed E-state index contributed by atoms with van der Waals surface area (Å²) >= 11 is 1.37. The Morgan fingerprint density at radius 3 is 2.59 bits per heavy atom. The summed E-state index contributed by atoms with van der Waals surface area (Å²) < 4.78 is 11.1. The number of rotatable bonds is 6. The molecule has 1 amide bonds. The molecule has 0 radical (unpaired) electrons. The van der Waals surface area contributed by atoms with Gasteiger partial charge < -0.3 is 9.47 Å². The molecule has 1 N–H and O–H groups in total. The Kier molecular flexibility index (Phi) is 5.76. The first-order valence-electron chi connectivity index (χ1n) is 8.57. The molecule has 0 saturated heterocycles. The van der Waals surface area contributed by atoms with Crippen LogP contribution in [0.1, 0.15) is 16.7 Å². The van der Waals surface area contributed by atoms with E-state index in [1.54, 1.807) is 7.11 Å². The summed E-state index contributed by atoms with van der Waals surface area (Å²) in [6, 6.07) is 11.8. The minimum absolute atomic E-state index is 0.0611. The Morgan fingerprint density at radius 2 is 1.89 bits per heavy atom. The second-order valence-electron chi connectivity index (χ2n) is 6.30. The number of ether oxygens (including phenoxy) is 2. The van der Waals surface area contributed by atoms with Crippen molar-refractivity contribution in [2.45, 2.75) is 20.8 Å². The summed E-state index contributed by atoms with van der Waals surface area (Å²) in [6.45, 7) is 5.88. The van der Waals surface area contributed by atoms with Crippen molar-refractivity contribution in [1.29, 1.82) is 0 Å². The van der Waals surface area contributed by atoms with Gasteiger partial charge in [0.2, 0.25) is 0 Å². The van der Waals surface area contributed by atoms with E-state index >= 15 is 0 Å². The van der Waals surface area contributed by atoms with Crippen LogP contribution in [-0.2, 0) is 4.79 Å². The van der Waals surface area contributed by atoms with E-state index < -0.39 is 0 Å². The highest BCUT2D eigenvalue weighted by Gasteiger charge is 2.13. The topological polar surface area (TPSA) is 60.5 Å². The van der Waals surface area contributed by atoms with Gasteiger partial charge in [-0.05, 0) is 44.0 Å². The zero-order chi connectivity index (χ0) is 19.4. The third kappa shape index (κ3) is 4.46. The number of aryl methyl sites for hydroxylation is 3. The summed E-state index contributed by atoms with van der Waals surface area (Å²) in [5.41, 5.74) is 4.80. The second kappa shape index (κ2) is 8.22. The van der Waals surface area contributed by atoms with Crippen LogP contribution in [-0.4, -0.2) is 24.6 Å². The highest BCUT2D eigenvalue weighted by molar-refractivity contribution is 7.14. The third-order valence-corrected chi connectivity index (χ3v) is 4.90. The number of carbonyl (C=O) groups excluding carboxylic acids is 1. The lowest BCUT2D eigenvalue weighted by molar-refractivity contribution is -0.118. The SMILES string of the molecule is COc1ccc(C)cc1-c1csc(NC(=O)COc2c(C)cccc2C)n1. The Hall–Kier alpha value is -2.86. The number of hydrogen-bond donors (Lipinski definition) is 1. The summed E-state index contributed by atoms with van der Waals surface area (Å²) in [6.07, 6.45) is 0. The maximum Gasteiger partial charge on any atom is 0.264 e. The Bertz CT molecular complexity index is 946. The van der Waals surface area contributed by atoms with E-state index in [4.69, 9.17) is 9.47 Å². The van der Waals surface area contributed by atoms with Crippen LogP contribution in [0, 0.1) is 20.8 Å². The molecule has 3 rings (SSSR count). The first-order chi connectivity index (χ1) is 13.0. The lowest BCUT2D eigenvalue weighted by atomic mass is 10.1. The largest absolute Gasteiger partial charge is 0.496 e. The number of amides is 1. The van der Waals surface area contributed by atoms with Crippen LogP contribution >= 0.6 is 11.3 Å². The van der Waals surface area contributed by atoms with Crippen molar-refractivity contribution in [3.05, 3.63) is 58.5 Å². The summed E-state index contributed by atoms with van der Waals surface area (Å²) in [4.78, 5) is 16.7. The molecule has 0 atom stereocenters. The minimum atomic E-state index is -0.241. The van der Waals surface area contributed by atoms with E-state index in [0.717, 1.165) is 39.4 Å². The smallest absolute Gasteiger partial charge is 0.264 e. The molecule has 6 heteroatoms. The van der Waals surface area contributed by atoms with Crippen molar-refractivity contribution in [2.75, 3.05) is 19.0 Å². The summed E-state index contributed by atoms with van der Waals surface area (Å²) in [5, 5.41) is 5.23. The summed E-state index contributed by atoms with van der Waals surface area (Å²) in [7, 11) is 1.63. The van der Waals surface area contributed by atoms with Crippen molar-refractivity contribution >= 4 is 22.4 Å². The van der Waals surface area contributed by atoms with Crippen LogP contribution in [0.25, 0.3) is 11.3 Å². The second-order valence-corrected chi connectivity index (χ2v) is 7.16. The molecule has 0 fully saturated rings. The van der Waals surface area contributed by atoms with Gasteiger partial charge in [0, 0.05) is 10.9 Å². The number of nitrogens with one attached hydrogen (secondary N) is 1. The van der Waals surface area contributed by atoms with E-state index in [-0.39, 0.29) is 12.5 Å². The molecule has 3 aromatic rings. The molecule has 1 heterocycles. The van der Waals surface area contributed by atoms with Gasteiger partial charge in [0.05, 0.1) is 12.8 Å². The molecule has 0 aliphatic heterocycles. The number of thiazole rings is 1. The number of anilines is 1. The van der Waals surface area contributed by atoms with Gasteiger partial charge in [0.1, 0.15) is 11.5 Å². The van der Waals surface area contributed by atoms with E-state index in [2.05, 4.69) is 10.3 Å². The third-order valence-electron chi connectivity index (χ3n) is 4.14. The number of benzene rings is 2. The molecule has 27 heavy (non-hydrogen) atoms. The predicted molar refractivity (Wildman–Crippen MR) is 109 cm³/mol. The fraction of sp³-hybridized carbons (Fsp3) is 0.238. The molecule has 0 saturated carbocycles. The lowest BCUT2D eigenvalue weighted by Gasteiger charge is -2.11. The Balaban J connectivity index is 1.67. The normalized spacial score (nSPS) is 10.5. The molecular formula is C21H22N2O3S. The van der Waals surface area contributed by atoms with Gasteiger partial charge >= 0.3 is 0 Å². The van der Waals surface area contributed by atoms with E-state index in [0.29, 0.717) is 5.13 Å². The van der Waals surface area contributed by atoms with Gasteiger partial charge in [-0.2, -0.15) is 0 Å². The molecule has 2 aromatic carbocycles. The number of methoxy groups -OCH3 is 1. The Morgan fingerprint density at radius 1 is 1.15 bits per heavy atom. The van der Waals surface area contributed by atoms with Crippen LogP contribution < -0.4 is 14.8 Å². The first kappa shape index (κ1) is 18.9. The number of nitrogens with zero attached hydrogens (tertiary/aromatic N) is 1. The Labute approximate surface area is 163 Å². The van der Waals surface area contributed by atoms with Gasteiger partial charge in [0.25, 0.3) is 5.91 Å². The van der Waals surface area contributed by atoms with E-state index in [1.165, 1.54) is 11.3 Å². The molecule has 0 aliphatic rings. The van der Waals surface area contributed by atoms with Gasteiger partial charge in [-0.1, -0.05) is 29.8 Å². The van der Waals surface area contributed by atoms with Crippen molar-refractivity contribution in [3.63, 3.8) is 0 Å². The highest BCUT2D eigenvalue weighted by atomic mass is 32.1. The van der Waals surface area contributed by atoms with Crippen LogP contribution in [0.15, 0.2) is 41.8 Å². The highest BCUT2D eigenvalue weighted by Crippen LogP contribution is 2.33. The van der Waals surface area contributed by atoms with Crippen LogP contribution in [0.5, 0.6) is 11.5 Å². The molecule has 0 aliphatic carbocycles. The number of carbonyl (C=O) groups is 1. The molecule has 5 nitrogen and oxygen atoms in total. The maximum absolute atomic E-state index is 12.2. The molecule has 0 unspecified atom stereocenters. The molecular weight excluding hydrogens is 360 g/mol. The molecule has 1 aromatic heterocycles. The number of para-hydroxylation sites is 1. The van der Waals surface area contributed by atoms with E-state index in [1.807, 2.05) is 62.5 Å². The van der Waals surface area contributed by atoms with Gasteiger partial charge in [0.15, 0.2) is 11.7 Å². The van der Waals surface area contributed by atoms with Gasteiger partial charge in [-0.25, -0.2) is 4.98 Å². The average Bonchev–Trinajstić information content (AvgIpc) is 3.09. The first-order valence-corrected chi connectivity index (χ1v) is 9.45. The molecule has 0 spiro atoms.